The summed E-state index contributed by atoms with van der Waals surface area (Å²) in [5.41, 5.74) is 5.54. The quantitative estimate of drug-likeness (QED) is 0.359. The maximum absolute atomic E-state index is 12.5. The molecule has 0 spiro atoms. The number of nitrogens with one attached hydrogen (secondary N) is 1. The van der Waals surface area contributed by atoms with Crippen LogP contribution in [0.4, 0.5) is 11.4 Å². The van der Waals surface area contributed by atoms with Crippen molar-refractivity contribution in [3.8, 4) is 11.3 Å². The van der Waals surface area contributed by atoms with E-state index in [1.165, 1.54) is 16.8 Å². The lowest BCUT2D eigenvalue weighted by Gasteiger charge is -2.36. The number of benzene rings is 3. The molecular formula is C30H32N4O2. The molecule has 0 radical (unpaired) electrons. The number of anilines is 2. The van der Waals surface area contributed by atoms with Crippen molar-refractivity contribution in [3.63, 3.8) is 0 Å². The number of aryl methyl sites for hydroxylation is 2. The Morgan fingerprint density at radius 1 is 0.917 bits per heavy atom. The van der Waals surface area contributed by atoms with Gasteiger partial charge in [0, 0.05) is 62.5 Å². The Kier molecular flexibility index (Phi) is 7.43. The standard InChI is InChI=1S/C30H32N4O2/c1-23-7-9-25(10-8-23)28-21-31-30(36-28)16-15-29(35)32-26-11-13-27(14-12-26)34-19-17-33(18-20-34)22-24-5-3-2-4-6-24/h2-14,21H,15-20,22H2,1H3,(H,32,35). The Balaban J connectivity index is 1.07. The first-order chi connectivity index (χ1) is 17.6. The van der Waals surface area contributed by atoms with Gasteiger partial charge in [0.2, 0.25) is 5.91 Å². The van der Waals surface area contributed by atoms with E-state index in [1.54, 1.807) is 6.20 Å². The number of rotatable bonds is 8. The van der Waals surface area contributed by atoms with Crippen molar-refractivity contribution < 1.29 is 9.21 Å². The molecule has 36 heavy (non-hydrogen) atoms. The van der Waals surface area contributed by atoms with Gasteiger partial charge < -0.3 is 14.6 Å². The average molecular weight is 481 g/mol. The predicted octanol–water partition coefficient (Wildman–Crippen LogP) is 5.54. The van der Waals surface area contributed by atoms with Crippen molar-refractivity contribution >= 4 is 17.3 Å². The van der Waals surface area contributed by atoms with E-state index in [4.69, 9.17) is 4.42 Å². The molecule has 5 rings (SSSR count). The maximum atomic E-state index is 12.5. The largest absolute Gasteiger partial charge is 0.441 e. The van der Waals surface area contributed by atoms with Crippen LogP contribution in [-0.4, -0.2) is 42.0 Å². The van der Waals surface area contributed by atoms with Crippen LogP contribution in [0.25, 0.3) is 11.3 Å². The molecule has 0 unspecified atom stereocenters. The first-order valence-electron chi connectivity index (χ1n) is 12.6. The summed E-state index contributed by atoms with van der Waals surface area (Å²) in [5, 5.41) is 2.99. The fourth-order valence-corrected chi connectivity index (χ4v) is 4.48. The van der Waals surface area contributed by atoms with Gasteiger partial charge >= 0.3 is 0 Å². The van der Waals surface area contributed by atoms with Gasteiger partial charge in [-0.1, -0.05) is 60.2 Å². The van der Waals surface area contributed by atoms with E-state index in [1.807, 2.05) is 36.4 Å². The Morgan fingerprint density at radius 3 is 2.36 bits per heavy atom. The van der Waals surface area contributed by atoms with Gasteiger partial charge in [-0.15, -0.1) is 0 Å². The second-order valence-corrected chi connectivity index (χ2v) is 9.33. The Hall–Kier alpha value is -3.90. The van der Waals surface area contributed by atoms with Crippen LogP contribution >= 0.6 is 0 Å². The molecule has 1 fully saturated rings. The monoisotopic (exact) mass is 480 g/mol. The zero-order chi connectivity index (χ0) is 24.7. The van der Waals surface area contributed by atoms with Crippen LogP contribution in [-0.2, 0) is 17.8 Å². The van der Waals surface area contributed by atoms with Gasteiger partial charge in [0.05, 0.1) is 6.20 Å². The van der Waals surface area contributed by atoms with Crippen LogP contribution in [0.15, 0.2) is 89.5 Å². The van der Waals surface area contributed by atoms with Crippen LogP contribution in [0.1, 0.15) is 23.4 Å². The summed E-state index contributed by atoms with van der Waals surface area (Å²) in [7, 11) is 0. The van der Waals surface area contributed by atoms with Crippen molar-refractivity contribution in [1.82, 2.24) is 9.88 Å². The van der Waals surface area contributed by atoms with Gasteiger partial charge in [-0.3, -0.25) is 9.69 Å². The molecule has 0 atom stereocenters. The smallest absolute Gasteiger partial charge is 0.224 e. The molecule has 6 nitrogen and oxygen atoms in total. The molecule has 3 aromatic carbocycles. The zero-order valence-corrected chi connectivity index (χ0v) is 20.7. The highest BCUT2D eigenvalue weighted by molar-refractivity contribution is 5.91. The van der Waals surface area contributed by atoms with Crippen molar-refractivity contribution in [2.45, 2.75) is 26.3 Å². The Morgan fingerprint density at radius 2 is 1.64 bits per heavy atom. The fourth-order valence-electron chi connectivity index (χ4n) is 4.48. The molecule has 2 heterocycles. The van der Waals surface area contributed by atoms with Crippen molar-refractivity contribution in [2.24, 2.45) is 0 Å². The summed E-state index contributed by atoms with van der Waals surface area (Å²) < 4.78 is 5.83. The molecular weight excluding hydrogens is 448 g/mol. The fraction of sp³-hybridized carbons (Fsp3) is 0.267. The maximum Gasteiger partial charge on any atom is 0.224 e. The molecule has 0 saturated carbocycles. The normalized spacial score (nSPS) is 14.1. The molecule has 1 N–H and O–H groups in total. The lowest BCUT2D eigenvalue weighted by atomic mass is 10.1. The minimum Gasteiger partial charge on any atom is -0.441 e. The molecule has 184 valence electrons. The number of carbonyl (C=O) groups excluding carboxylic acids is 1. The van der Waals surface area contributed by atoms with E-state index in [9.17, 15) is 4.79 Å². The molecule has 1 aliphatic heterocycles. The lowest BCUT2D eigenvalue weighted by molar-refractivity contribution is -0.116. The second kappa shape index (κ2) is 11.2. The average Bonchev–Trinajstić information content (AvgIpc) is 3.39. The van der Waals surface area contributed by atoms with Gasteiger partial charge in [0.1, 0.15) is 0 Å². The molecule has 1 saturated heterocycles. The molecule has 0 bridgehead atoms. The number of nitrogens with zero attached hydrogens (tertiary/aromatic N) is 3. The summed E-state index contributed by atoms with van der Waals surface area (Å²) in [6, 6.07) is 26.9. The third kappa shape index (κ3) is 6.20. The number of aromatic nitrogens is 1. The van der Waals surface area contributed by atoms with Crippen molar-refractivity contribution in [1.29, 1.82) is 0 Å². The molecule has 1 aromatic heterocycles. The van der Waals surface area contributed by atoms with E-state index in [2.05, 4.69) is 69.5 Å². The van der Waals surface area contributed by atoms with Gasteiger partial charge in [0.15, 0.2) is 11.7 Å². The number of oxazole rings is 1. The van der Waals surface area contributed by atoms with Crippen molar-refractivity contribution in [2.75, 3.05) is 36.4 Å². The highest BCUT2D eigenvalue weighted by Crippen LogP contribution is 2.22. The summed E-state index contributed by atoms with van der Waals surface area (Å²) in [4.78, 5) is 21.7. The minimum atomic E-state index is -0.0487. The zero-order valence-electron chi connectivity index (χ0n) is 20.7. The first-order valence-corrected chi connectivity index (χ1v) is 12.6. The number of hydrogen-bond donors (Lipinski definition) is 1. The molecule has 6 heteroatoms. The number of piperazine rings is 1. The third-order valence-electron chi connectivity index (χ3n) is 6.59. The summed E-state index contributed by atoms with van der Waals surface area (Å²) in [6.07, 6.45) is 2.50. The SMILES string of the molecule is Cc1ccc(-c2cnc(CCC(=O)Nc3ccc(N4CCN(Cc5ccccc5)CC4)cc3)o2)cc1. The molecule has 1 aliphatic rings. The highest BCUT2D eigenvalue weighted by Gasteiger charge is 2.17. The number of amides is 1. The summed E-state index contributed by atoms with van der Waals surface area (Å²) in [5.74, 6) is 1.25. The van der Waals surface area contributed by atoms with Crippen LogP contribution in [0.2, 0.25) is 0 Å². The van der Waals surface area contributed by atoms with Crippen molar-refractivity contribution in [3.05, 3.63) is 102 Å². The van der Waals surface area contributed by atoms with E-state index >= 15 is 0 Å². The van der Waals surface area contributed by atoms with E-state index in [0.29, 0.717) is 18.7 Å². The van der Waals surface area contributed by atoms with E-state index in [0.717, 1.165) is 49.7 Å². The minimum absolute atomic E-state index is 0.0487. The first kappa shape index (κ1) is 23.8. The molecule has 0 aliphatic carbocycles. The van der Waals surface area contributed by atoms with Gasteiger partial charge in [-0.2, -0.15) is 0 Å². The van der Waals surface area contributed by atoms with Crippen LogP contribution in [0, 0.1) is 6.92 Å². The topological polar surface area (TPSA) is 61.6 Å². The third-order valence-corrected chi connectivity index (χ3v) is 6.59. The van der Waals surface area contributed by atoms with Gasteiger partial charge in [-0.25, -0.2) is 4.98 Å². The van der Waals surface area contributed by atoms with E-state index in [-0.39, 0.29) is 5.91 Å². The van der Waals surface area contributed by atoms with Crippen LogP contribution < -0.4 is 10.2 Å². The lowest BCUT2D eigenvalue weighted by Crippen LogP contribution is -2.45. The molecule has 1 amide bonds. The summed E-state index contributed by atoms with van der Waals surface area (Å²) >= 11 is 0. The molecule has 4 aromatic rings. The van der Waals surface area contributed by atoms with Gasteiger partial charge in [-0.05, 0) is 36.8 Å². The number of hydrogen-bond acceptors (Lipinski definition) is 5. The van der Waals surface area contributed by atoms with Crippen LogP contribution in [0.5, 0.6) is 0 Å². The number of carbonyl (C=O) groups is 1. The second-order valence-electron chi connectivity index (χ2n) is 9.33. The van der Waals surface area contributed by atoms with Crippen LogP contribution in [0.3, 0.4) is 0 Å². The Labute approximate surface area is 212 Å². The van der Waals surface area contributed by atoms with Gasteiger partial charge in [0.25, 0.3) is 0 Å². The van der Waals surface area contributed by atoms with E-state index < -0.39 is 0 Å². The predicted molar refractivity (Wildman–Crippen MR) is 144 cm³/mol. The summed E-state index contributed by atoms with van der Waals surface area (Å²) in [6.45, 7) is 7.13. The Bertz CT molecular complexity index is 1260. The highest BCUT2D eigenvalue weighted by atomic mass is 16.4.